The number of nitrogens with zero attached hydrogens (tertiary/aromatic N) is 2. The van der Waals surface area contributed by atoms with Gasteiger partial charge in [0.05, 0.1) is 6.61 Å². The highest BCUT2D eigenvalue weighted by atomic mass is 16.5. The molecule has 2 atom stereocenters. The predicted molar refractivity (Wildman–Crippen MR) is 79.5 cm³/mol. The van der Waals surface area contributed by atoms with Crippen LogP contribution in [0.3, 0.4) is 0 Å². The minimum absolute atomic E-state index is 0.293. The van der Waals surface area contributed by atoms with Gasteiger partial charge in [0.1, 0.15) is 0 Å². The van der Waals surface area contributed by atoms with Crippen molar-refractivity contribution in [3.05, 3.63) is 0 Å². The summed E-state index contributed by atoms with van der Waals surface area (Å²) in [5.74, 6) is 0.697. The van der Waals surface area contributed by atoms with Gasteiger partial charge in [-0.2, -0.15) is 0 Å². The Morgan fingerprint density at radius 3 is 2.74 bits per heavy atom. The molecule has 4 heteroatoms. The monoisotopic (exact) mass is 269 g/mol. The minimum Gasteiger partial charge on any atom is -0.381 e. The van der Waals surface area contributed by atoms with Crippen LogP contribution < -0.4 is 5.32 Å². The summed E-state index contributed by atoms with van der Waals surface area (Å²) in [4.78, 5) is 5.11. The zero-order chi connectivity index (χ0) is 13.9. The largest absolute Gasteiger partial charge is 0.381 e. The molecule has 2 saturated heterocycles. The molecule has 0 aromatic carbocycles. The molecule has 2 fully saturated rings. The first-order valence-electron chi connectivity index (χ1n) is 7.77. The summed E-state index contributed by atoms with van der Waals surface area (Å²) in [5, 5.41) is 3.68. The summed E-state index contributed by atoms with van der Waals surface area (Å²) in [6.07, 6.45) is 1.22. The van der Waals surface area contributed by atoms with Crippen LogP contribution in [0.1, 0.15) is 27.2 Å². The number of hydrogen-bond donors (Lipinski definition) is 1. The number of ether oxygens (including phenoxy) is 1. The first-order chi connectivity index (χ1) is 9.03. The van der Waals surface area contributed by atoms with Crippen molar-refractivity contribution in [3.8, 4) is 0 Å². The molecular weight excluding hydrogens is 238 g/mol. The fourth-order valence-electron chi connectivity index (χ4n) is 3.29. The lowest BCUT2D eigenvalue weighted by molar-refractivity contribution is 0.0308. The van der Waals surface area contributed by atoms with Gasteiger partial charge in [-0.15, -0.1) is 0 Å². The quantitative estimate of drug-likeness (QED) is 0.807. The lowest BCUT2D eigenvalue weighted by Gasteiger charge is -2.46. The molecule has 2 heterocycles. The average molecular weight is 269 g/mol. The van der Waals surface area contributed by atoms with E-state index in [2.05, 4.69) is 42.9 Å². The van der Waals surface area contributed by atoms with Crippen LogP contribution in [0.2, 0.25) is 0 Å². The van der Waals surface area contributed by atoms with Gasteiger partial charge in [0.2, 0.25) is 0 Å². The number of rotatable bonds is 5. The summed E-state index contributed by atoms with van der Waals surface area (Å²) < 4.78 is 5.56. The van der Waals surface area contributed by atoms with E-state index in [4.69, 9.17) is 4.74 Å². The van der Waals surface area contributed by atoms with E-state index in [0.717, 1.165) is 19.8 Å². The van der Waals surface area contributed by atoms with Crippen molar-refractivity contribution in [2.45, 2.75) is 38.8 Å². The zero-order valence-corrected chi connectivity index (χ0v) is 13.1. The van der Waals surface area contributed by atoms with Crippen LogP contribution in [0.4, 0.5) is 0 Å². The molecule has 0 bridgehead atoms. The van der Waals surface area contributed by atoms with E-state index in [1.54, 1.807) is 0 Å². The van der Waals surface area contributed by atoms with Crippen LogP contribution in [-0.4, -0.2) is 74.4 Å². The topological polar surface area (TPSA) is 27.7 Å². The highest BCUT2D eigenvalue weighted by Gasteiger charge is 2.33. The van der Waals surface area contributed by atoms with Gasteiger partial charge < -0.3 is 10.1 Å². The molecule has 2 aliphatic heterocycles. The van der Waals surface area contributed by atoms with Gasteiger partial charge in [-0.3, -0.25) is 9.80 Å². The van der Waals surface area contributed by atoms with Gasteiger partial charge >= 0.3 is 0 Å². The first-order valence-corrected chi connectivity index (χ1v) is 7.77. The van der Waals surface area contributed by atoms with Crippen LogP contribution in [-0.2, 0) is 4.74 Å². The third kappa shape index (κ3) is 3.91. The van der Waals surface area contributed by atoms with Crippen molar-refractivity contribution in [2.75, 3.05) is 53.0 Å². The Balaban J connectivity index is 1.90. The number of likely N-dealkylation sites (N-methyl/N-ethyl adjacent to an activating group) is 2. The molecule has 0 amide bonds. The molecule has 0 aliphatic carbocycles. The maximum atomic E-state index is 5.56. The predicted octanol–water partition coefficient (Wildman–Crippen LogP) is 1.03. The number of hydrogen-bond acceptors (Lipinski definition) is 4. The normalized spacial score (nSPS) is 30.6. The van der Waals surface area contributed by atoms with Crippen molar-refractivity contribution in [1.82, 2.24) is 15.1 Å². The Labute approximate surface area is 118 Å². The standard InChI is InChI=1S/C15H31N3O/c1-5-16-14(13-6-9-19-11-13)10-18-8-7-17(4)15(2,3)12-18/h13-14,16H,5-12H2,1-4H3. The van der Waals surface area contributed by atoms with Crippen LogP contribution in [0.25, 0.3) is 0 Å². The van der Waals surface area contributed by atoms with Gasteiger partial charge in [0.15, 0.2) is 0 Å². The molecule has 0 radical (unpaired) electrons. The maximum absolute atomic E-state index is 5.56. The summed E-state index contributed by atoms with van der Waals surface area (Å²) in [5.41, 5.74) is 0.293. The fourth-order valence-corrected chi connectivity index (χ4v) is 3.29. The maximum Gasteiger partial charge on any atom is 0.0510 e. The molecular formula is C15H31N3O. The van der Waals surface area contributed by atoms with Crippen LogP contribution in [0.15, 0.2) is 0 Å². The van der Waals surface area contributed by atoms with E-state index >= 15 is 0 Å². The molecule has 2 rings (SSSR count). The minimum atomic E-state index is 0.293. The van der Waals surface area contributed by atoms with Crippen molar-refractivity contribution in [1.29, 1.82) is 0 Å². The van der Waals surface area contributed by atoms with Crippen LogP contribution >= 0.6 is 0 Å². The summed E-state index contributed by atoms with van der Waals surface area (Å²) >= 11 is 0. The SMILES string of the molecule is CCNC(CN1CCN(C)C(C)(C)C1)C1CCOC1. The van der Waals surface area contributed by atoms with Crippen molar-refractivity contribution in [2.24, 2.45) is 5.92 Å². The molecule has 0 aromatic heterocycles. The second-order valence-corrected chi connectivity index (χ2v) is 6.76. The van der Waals surface area contributed by atoms with E-state index in [9.17, 15) is 0 Å². The van der Waals surface area contributed by atoms with E-state index in [0.29, 0.717) is 17.5 Å². The zero-order valence-electron chi connectivity index (χ0n) is 13.1. The van der Waals surface area contributed by atoms with Crippen LogP contribution in [0.5, 0.6) is 0 Å². The van der Waals surface area contributed by atoms with Gasteiger partial charge in [-0.25, -0.2) is 0 Å². The summed E-state index contributed by atoms with van der Waals surface area (Å²) in [6.45, 7) is 14.5. The molecule has 2 unspecified atom stereocenters. The highest BCUT2D eigenvalue weighted by molar-refractivity contribution is 4.91. The fraction of sp³-hybridized carbons (Fsp3) is 1.00. The van der Waals surface area contributed by atoms with E-state index in [1.165, 1.54) is 32.6 Å². The molecule has 4 nitrogen and oxygen atoms in total. The van der Waals surface area contributed by atoms with Crippen molar-refractivity contribution >= 4 is 0 Å². The van der Waals surface area contributed by atoms with Crippen LogP contribution in [0, 0.1) is 5.92 Å². The summed E-state index contributed by atoms with van der Waals surface area (Å²) in [7, 11) is 2.24. The molecule has 19 heavy (non-hydrogen) atoms. The Hall–Kier alpha value is -0.160. The number of piperazine rings is 1. The molecule has 112 valence electrons. The van der Waals surface area contributed by atoms with E-state index in [-0.39, 0.29) is 0 Å². The second-order valence-electron chi connectivity index (χ2n) is 6.76. The summed E-state index contributed by atoms with van der Waals surface area (Å²) in [6, 6.07) is 0.590. The lowest BCUT2D eigenvalue weighted by Crippen LogP contribution is -2.60. The Bertz CT molecular complexity index is 277. The third-order valence-corrected chi connectivity index (χ3v) is 4.85. The van der Waals surface area contributed by atoms with E-state index in [1.807, 2.05) is 0 Å². The van der Waals surface area contributed by atoms with Gasteiger partial charge in [-0.05, 0) is 33.9 Å². The smallest absolute Gasteiger partial charge is 0.0510 e. The molecule has 0 aromatic rings. The van der Waals surface area contributed by atoms with Gasteiger partial charge in [0, 0.05) is 50.3 Å². The first kappa shape index (κ1) is 15.2. The van der Waals surface area contributed by atoms with Gasteiger partial charge in [0.25, 0.3) is 0 Å². The molecule has 2 aliphatic rings. The Morgan fingerprint density at radius 2 is 2.16 bits per heavy atom. The number of nitrogens with one attached hydrogen (secondary N) is 1. The van der Waals surface area contributed by atoms with Gasteiger partial charge in [-0.1, -0.05) is 6.92 Å². The molecule has 1 N–H and O–H groups in total. The Kier molecular flexibility index (Phi) is 5.23. The van der Waals surface area contributed by atoms with Crippen molar-refractivity contribution < 1.29 is 4.74 Å². The second kappa shape index (κ2) is 6.53. The highest BCUT2D eigenvalue weighted by Crippen LogP contribution is 2.22. The van der Waals surface area contributed by atoms with E-state index < -0.39 is 0 Å². The third-order valence-electron chi connectivity index (χ3n) is 4.85. The average Bonchev–Trinajstić information content (AvgIpc) is 2.86. The van der Waals surface area contributed by atoms with Crippen molar-refractivity contribution in [3.63, 3.8) is 0 Å². The lowest BCUT2D eigenvalue weighted by atomic mass is 9.95. The Morgan fingerprint density at radius 1 is 1.37 bits per heavy atom. The molecule has 0 saturated carbocycles. The molecule has 0 spiro atoms.